The van der Waals surface area contributed by atoms with Crippen molar-refractivity contribution in [1.29, 1.82) is 0 Å². The molecule has 3 heteroatoms. The molecular formula is C13H21N3. The highest BCUT2D eigenvalue weighted by atomic mass is 15.2. The van der Waals surface area contributed by atoms with Gasteiger partial charge in [0.05, 0.1) is 0 Å². The lowest BCUT2D eigenvalue weighted by atomic mass is 10.00. The fourth-order valence-corrected chi connectivity index (χ4v) is 2.73. The molecule has 88 valence electrons. The van der Waals surface area contributed by atoms with E-state index in [9.17, 15) is 0 Å². The Hall–Kier alpha value is -0.930. The Balaban J connectivity index is 2.24. The quantitative estimate of drug-likeness (QED) is 0.845. The molecule has 2 N–H and O–H groups in total. The lowest BCUT2D eigenvalue weighted by Gasteiger charge is -2.34. The van der Waals surface area contributed by atoms with Gasteiger partial charge >= 0.3 is 0 Å². The minimum Gasteiger partial charge on any atom is -0.326 e. The first-order valence-corrected chi connectivity index (χ1v) is 6.11. The third-order valence-corrected chi connectivity index (χ3v) is 3.51. The maximum atomic E-state index is 6.15. The van der Waals surface area contributed by atoms with Crippen LogP contribution < -0.4 is 5.73 Å². The minimum absolute atomic E-state index is 0.156. The number of pyridine rings is 1. The minimum atomic E-state index is 0.156. The van der Waals surface area contributed by atoms with E-state index in [1.807, 2.05) is 12.4 Å². The van der Waals surface area contributed by atoms with Gasteiger partial charge in [0.1, 0.15) is 0 Å². The van der Waals surface area contributed by atoms with E-state index in [1.165, 1.54) is 18.4 Å². The number of hydrogen-bond acceptors (Lipinski definition) is 3. The molecule has 0 bridgehead atoms. The van der Waals surface area contributed by atoms with Gasteiger partial charge in [-0.3, -0.25) is 9.88 Å². The largest absolute Gasteiger partial charge is 0.326 e. The summed E-state index contributed by atoms with van der Waals surface area (Å²) in [5.74, 6) is 0. The summed E-state index contributed by atoms with van der Waals surface area (Å²) >= 11 is 0. The van der Waals surface area contributed by atoms with Crippen LogP contribution in [-0.4, -0.2) is 28.5 Å². The van der Waals surface area contributed by atoms with Crippen molar-refractivity contribution in [3.05, 3.63) is 30.1 Å². The average molecular weight is 219 g/mol. The van der Waals surface area contributed by atoms with Crippen molar-refractivity contribution in [3.63, 3.8) is 0 Å². The van der Waals surface area contributed by atoms with Crippen LogP contribution in [0.1, 0.15) is 38.3 Å². The molecule has 0 aromatic carbocycles. The van der Waals surface area contributed by atoms with E-state index in [1.54, 1.807) is 0 Å². The number of rotatable bonds is 3. The zero-order valence-corrected chi connectivity index (χ0v) is 10.1. The van der Waals surface area contributed by atoms with Crippen LogP contribution in [0.5, 0.6) is 0 Å². The second kappa shape index (κ2) is 4.93. The van der Waals surface area contributed by atoms with Crippen LogP contribution in [0.4, 0.5) is 0 Å². The molecule has 2 rings (SSSR count). The Morgan fingerprint density at radius 3 is 2.62 bits per heavy atom. The van der Waals surface area contributed by atoms with E-state index in [0.717, 1.165) is 6.54 Å². The van der Waals surface area contributed by atoms with Crippen LogP contribution in [0.2, 0.25) is 0 Å². The summed E-state index contributed by atoms with van der Waals surface area (Å²) in [6.45, 7) is 5.55. The molecule has 1 aromatic heterocycles. The van der Waals surface area contributed by atoms with Crippen molar-refractivity contribution in [3.8, 4) is 0 Å². The van der Waals surface area contributed by atoms with Crippen LogP contribution in [0, 0.1) is 0 Å². The number of hydrogen-bond donors (Lipinski definition) is 1. The topological polar surface area (TPSA) is 42.1 Å². The lowest BCUT2D eigenvalue weighted by Crippen LogP contribution is -2.41. The fraction of sp³-hybridized carbons (Fsp3) is 0.615. The van der Waals surface area contributed by atoms with Crippen LogP contribution in [-0.2, 0) is 0 Å². The highest BCUT2D eigenvalue weighted by molar-refractivity contribution is 5.17. The number of aromatic nitrogens is 1. The summed E-state index contributed by atoms with van der Waals surface area (Å²) in [6.07, 6.45) is 6.28. The van der Waals surface area contributed by atoms with E-state index in [4.69, 9.17) is 5.73 Å². The molecule has 3 nitrogen and oxygen atoms in total. The highest BCUT2D eigenvalue weighted by Crippen LogP contribution is 2.30. The van der Waals surface area contributed by atoms with Crippen molar-refractivity contribution < 1.29 is 0 Å². The van der Waals surface area contributed by atoms with E-state index in [-0.39, 0.29) is 6.04 Å². The molecule has 1 aliphatic rings. The fourth-order valence-electron chi connectivity index (χ4n) is 2.73. The monoisotopic (exact) mass is 219 g/mol. The normalized spacial score (nSPS) is 25.6. The van der Waals surface area contributed by atoms with Crippen molar-refractivity contribution in [2.45, 2.75) is 44.8 Å². The lowest BCUT2D eigenvalue weighted by molar-refractivity contribution is 0.170. The first-order valence-electron chi connectivity index (χ1n) is 6.11. The molecule has 3 atom stereocenters. The van der Waals surface area contributed by atoms with Crippen molar-refractivity contribution in [2.24, 2.45) is 5.73 Å². The SMILES string of the molecule is CC(N)C(c1ccncc1)N1CCCC1C. The van der Waals surface area contributed by atoms with Crippen LogP contribution >= 0.6 is 0 Å². The first-order chi connectivity index (χ1) is 7.70. The van der Waals surface area contributed by atoms with Gasteiger partial charge in [0.2, 0.25) is 0 Å². The maximum Gasteiger partial charge on any atom is 0.0500 e. The van der Waals surface area contributed by atoms with Gasteiger partial charge in [-0.15, -0.1) is 0 Å². The van der Waals surface area contributed by atoms with Gasteiger partial charge in [0.15, 0.2) is 0 Å². The van der Waals surface area contributed by atoms with Gasteiger partial charge in [0.25, 0.3) is 0 Å². The van der Waals surface area contributed by atoms with Gasteiger partial charge in [-0.05, 0) is 50.9 Å². The molecule has 1 aromatic rings. The summed E-state index contributed by atoms with van der Waals surface area (Å²) in [7, 11) is 0. The van der Waals surface area contributed by atoms with Crippen LogP contribution in [0.3, 0.4) is 0 Å². The van der Waals surface area contributed by atoms with Crippen LogP contribution in [0.15, 0.2) is 24.5 Å². The maximum absolute atomic E-state index is 6.15. The summed E-state index contributed by atoms with van der Waals surface area (Å²) in [5, 5.41) is 0. The predicted molar refractivity (Wildman–Crippen MR) is 66.0 cm³/mol. The predicted octanol–water partition coefficient (Wildman–Crippen LogP) is 1.95. The molecule has 16 heavy (non-hydrogen) atoms. The molecule has 2 heterocycles. The Morgan fingerprint density at radius 2 is 2.12 bits per heavy atom. The van der Waals surface area contributed by atoms with Crippen molar-refractivity contribution >= 4 is 0 Å². The van der Waals surface area contributed by atoms with Gasteiger partial charge in [-0.25, -0.2) is 0 Å². The van der Waals surface area contributed by atoms with E-state index in [0.29, 0.717) is 12.1 Å². The first kappa shape index (κ1) is 11.6. The summed E-state index contributed by atoms with van der Waals surface area (Å²) in [6, 6.07) is 5.30. The Labute approximate surface area is 97.7 Å². The van der Waals surface area contributed by atoms with Crippen LogP contribution in [0.25, 0.3) is 0 Å². The second-order valence-corrected chi connectivity index (χ2v) is 4.81. The van der Waals surface area contributed by atoms with E-state index >= 15 is 0 Å². The summed E-state index contributed by atoms with van der Waals surface area (Å²) in [4.78, 5) is 6.60. The number of nitrogens with zero attached hydrogens (tertiary/aromatic N) is 2. The smallest absolute Gasteiger partial charge is 0.0500 e. The Kier molecular flexibility index (Phi) is 3.56. The molecule has 0 aliphatic carbocycles. The van der Waals surface area contributed by atoms with Crippen molar-refractivity contribution in [1.82, 2.24) is 9.88 Å². The Bertz CT molecular complexity index is 323. The third-order valence-electron chi connectivity index (χ3n) is 3.51. The van der Waals surface area contributed by atoms with Gasteiger partial charge in [0, 0.05) is 30.5 Å². The molecule has 0 amide bonds. The summed E-state index contributed by atoms with van der Waals surface area (Å²) in [5.41, 5.74) is 7.44. The number of nitrogens with two attached hydrogens (primary N) is 1. The van der Waals surface area contributed by atoms with Gasteiger partial charge in [-0.2, -0.15) is 0 Å². The molecule has 1 fully saturated rings. The van der Waals surface area contributed by atoms with Crippen molar-refractivity contribution in [2.75, 3.05) is 6.54 Å². The summed E-state index contributed by atoms with van der Waals surface area (Å²) < 4.78 is 0. The molecule has 1 saturated heterocycles. The molecule has 0 radical (unpaired) electrons. The van der Waals surface area contributed by atoms with E-state index in [2.05, 4.69) is 35.9 Å². The highest BCUT2D eigenvalue weighted by Gasteiger charge is 2.30. The van der Waals surface area contributed by atoms with Gasteiger partial charge in [-0.1, -0.05) is 0 Å². The Morgan fingerprint density at radius 1 is 1.44 bits per heavy atom. The molecule has 0 saturated carbocycles. The molecule has 0 spiro atoms. The second-order valence-electron chi connectivity index (χ2n) is 4.81. The zero-order chi connectivity index (χ0) is 11.5. The third kappa shape index (κ3) is 2.25. The van der Waals surface area contributed by atoms with E-state index < -0.39 is 0 Å². The zero-order valence-electron chi connectivity index (χ0n) is 10.1. The number of likely N-dealkylation sites (tertiary alicyclic amines) is 1. The average Bonchev–Trinajstić information content (AvgIpc) is 2.66. The molecular weight excluding hydrogens is 198 g/mol. The molecule has 1 aliphatic heterocycles. The standard InChI is InChI=1S/C13H21N3/c1-10-4-3-9-16(10)13(11(2)14)12-5-7-15-8-6-12/h5-8,10-11,13H,3-4,9,14H2,1-2H3. The molecule has 3 unspecified atom stereocenters. The van der Waals surface area contributed by atoms with Gasteiger partial charge < -0.3 is 5.73 Å².